The van der Waals surface area contributed by atoms with Crippen LogP contribution in [0.3, 0.4) is 0 Å². The normalized spacial score (nSPS) is 13.9. The van der Waals surface area contributed by atoms with Gasteiger partial charge in [0.05, 0.1) is 17.3 Å². The number of oxazole rings is 1. The summed E-state index contributed by atoms with van der Waals surface area (Å²) in [6.07, 6.45) is 3.58. The van der Waals surface area contributed by atoms with Gasteiger partial charge in [-0.05, 0) is 54.8 Å². The molecule has 2 amide bonds. The number of esters is 1. The largest absolute Gasteiger partial charge is 0.454 e. The number of thioether (sulfide) groups is 1. The van der Waals surface area contributed by atoms with Crippen LogP contribution in [0, 0.1) is 5.82 Å². The SMILES string of the molecule is CSCCC(C(=O)OCc1ncc(-c2ccc(F)cc2)o1)N1C(=O)c2ccccc2C1=O. The lowest BCUT2D eigenvalue weighted by Gasteiger charge is -2.24. The number of amides is 2. The summed E-state index contributed by atoms with van der Waals surface area (Å²) >= 11 is 1.49. The highest BCUT2D eigenvalue weighted by molar-refractivity contribution is 7.98. The van der Waals surface area contributed by atoms with E-state index in [1.54, 1.807) is 36.4 Å². The van der Waals surface area contributed by atoms with Gasteiger partial charge in [-0.15, -0.1) is 0 Å². The molecule has 1 unspecified atom stereocenters. The van der Waals surface area contributed by atoms with Gasteiger partial charge in [-0.25, -0.2) is 14.2 Å². The molecular formula is C23H19FN2O5S. The van der Waals surface area contributed by atoms with Crippen LogP contribution in [-0.2, 0) is 16.1 Å². The van der Waals surface area contributed by atoms with E-state index < -0.39 is 23.8 Å². The zero-order valence-corrected chi connectivity index (χ0v) is 17.9. The highest BCUT2D eigenvalue weighted by atomic mass is 32.2. The molecule has 0 saturated carbocycles. The number of benzene rings is 2. The number of hydrogen-bond donors (Lipinski definition) is 0. The molecule has 0 saturated heterocycles. The van der Waals surface area contributed by atoms with E-state index in [1.807, 2.05) is 6.26 Å². The van der Waals surface area contributed by atoms with Crippen molar-refractivity contribution in [2.75, 3.05) is 12.0 Å². The predicted molar refractivity (Wildman–Crippen MR) is 115 cm³/mol. The first-order valence-corrected chi connectivity index (χ1v) is 11.2. The Morgan fingerprint density at radius 3 is 2.41 bits per heavy atom. The summed E-state index contributed by atoms with van der Waals surface area (Å²) in [5.74, 6) is -1.01. The zero-order valence-electron chi connectivity index (χ0n) is 17.1. The molecule has 1 aliphatic rings. The van der Waals surface area contributed by atoms with Gasteiger partial charge in [0.25, 0.3) is 11.8 Å². The van der Waals surface area contributed by atoms with Crippen molar-refractivity contribution in [2.45, 2.75) is 19.1 Å². The maximum atomic E-state index is 13.1. The zero-order chi connectivity index (χ0) is 22.7. The number of carbonyl (C=O) groups is 3. The molecule has 164 valence electrons. The van der Waals surface area contributed by atoms with E-state index in [0.717, 1.165) is 4.90 Å². The molecule has 4 rings (SSSR count). The third-order valence-electron chi connectivity index (χ3n) is 5.02. The van der Waals surface area contributed by atoms with Crippen LogP contribution >= 0.6 is 11.8 Å². The van der Waals surface area contributed by atoms with Crippen molar-refractivity contribution in [3.8, 4) is 11.3 Å². The molecular weight excluding hydrogens is 435 g/mol. The summed E-state index contributed by atoms with van der Waals surface area (Å²) in [7, 11) is 0. The maximum absolute atomic E-state index is 13.1. The quantitative estimate of drug-likeness (QED) is 0.376. The molecule has 1 aromatic heterocycles. The number of ether oxygens (including phenoxy) is 1. The van der Waals surface area contributed by atoms with Gasteiger partial charge in [0, 0.05) is 5.56 Å². The smallest absolute Gasteiger partial charge is 0.329 e. The minimum absolute atomic E-state index is 0.142. The van der Waals surface area contributed by atoms with Crippen LogP contribution < -0.4 is 0 Å². The molecule has 0 aliphatic carbocycles. The second-order valence-corrected chi connectivity index (χ2v) is 8.04. The summed E-state index contributed by atoms with van der Waals surface area (Å²) in [4.78, 5) is 43.5. The third-order valence-corrected chi connectivity index (χ3v) is 5.67. The molecule has 0 spiro atoms. The molecule has 2 aromatic carbocycles. The third kappa shape index (κ3) is 4.29. The average molecular weight is 454 g/mol. The molecule has 1 atom stereocenters. The van der Waals surface area contributed by atoms with Crippen molar-refractivity contribution in [1.29, 1.82) is 0 Å². The molecule has 0 N–H and O–H groups in total. The number of fused-ring (bicyclic) bond motifs is 1. The van der Waals surface area contributed by atoms with Gasteiger partial charge in [-0.1, -0.05) is 12.1 Å². The standard InChI is InChI=1S/C23H19FN2O5S/c1-32-11-10-18(26-21(27)16-4-2-3-5-17(16)22(26)28)23(29)30-13-20-25-12-19(31-20)14-6-8-15(24)9-7-14/h2-9,12,18H,10-11,13H2,1H3. The average Bonchev–Trinajstić information content (AvgIpc) is 3.37. The Bertz CT molecular complexity index is 1130. The first kappa shape index (κ1) is 21.8. The first-order chi connectivity index (χ1) is 15.5. The topological polar surface area (TPSA) is 89.7 Å². The Hall–Kier alpha value is -3.46. The summed E-state index contributed by atoms with van der Waals surface area (Å²) < 4.78 is 24.0. The molecule has 2 heterocycles. The Balaban J connectivity index is 1.47. The fourth-order valence-corrected chi connectivity index (χ4v) is 3.89. The van der Waals surface area contributed by atoms with Gasteiger partial charge in [-0.2, -0.15) is 11.8 Å². The number of rotatable bonds is 8. The Labute approximate surface area is 187 Å². The lowest BCUT2D eigenvalue weighted by atomic mass is 10.1. The van der Waals surface area contributed by atoms with Gasteiger partial charge in [0.15, 0.2) is 12.4 Å². The molecule has 0 bridgehead atoms. The van der Waals surface area contributed by atoms with Crippen LogP contribution in [0.1, 0.15) is 33.0 Å². The van der Waals surface area contributed by atoms with E-state index in [9.17, 15) is 18.8 Å². The van der Waals surface area contributed by atoms with Crippen LogP contribution in [-0.4, -0.2) is 45.7 Å². The minimum Gasteiger partial charge on any atom is -0.454 e. The van der Waals surface area contributed by atoms with E-state index in [4.69, 9.17) is 9.15 Å². The summed E-state index contributed by atoms with van der Waals surface area (Å²) in [6, 6.07) is 11.1. The molecule has 1 aliphatic heterocycles. The van der Waals surface area contributed by atoms with Crippen molar-refractivity contribution in [2.24, 2.45) is 0 Å². The van der Waals surface area contributed by atoms with Crippen molar-refractivity contribution in [3.05, 3.63) is 77.6 Å². The Morgan fingerprint density at radius 1 is 1.12 bits per heavy atom. The molecule has 0 radical (unpaired) electrons. The minimum atomic E-state index is -1.05. The fraction of sp³-hybridized carbons (Fsp3) is 0.217. The van der Waals surface area contributed by atoms with E-state index in [2.05, 4.69) is 4.98 Å². The number of aromatic nitrogens is 1. The Kier molecular flexibility index (Phi) is 6.36. The molecule has 0 fully saturated rings. The first-order valence-electron chi connectivity index (χ1n) is 9.82. The summed E-state index contributed by atoms with van der Waals surface area (Å²) in [6.45, 7) is -0.265. The maximum Gasteiger partial charge on any atom is 0.329 e. The lowest BCUT2D eigenvalue weighted by molar-refractivity contribution is -0.150. The van der Waals surface area contributed by atoms with Gasteiger partial charge in [0.1, 0.15) is 11.9 Å². The summed E-state index contributed by atoms with van der Waals surface area (Å²) in [5, 5.41) is 0. The molecule has 3 aromatic rings. The van der Waals surface area contributed by atoms with Crippen LogP contribution in [0.5, 0.6) is 0 Å². The number of halogens is 1. The van der Waals surface area contributed by atoms with Crippen LogP contribution in [0.4, 0.5) is 4.39 Å². The van der Waals surface area contributed by atoms with E-state index in [1.165, 1.54) is 30.1 Å². The fourth-order valence-electron chi connectivity index (χ4n) is 3.43. The van der Waals surface area contributed by atoms with E-state index in [0.29, 0.717) is 17.1 Å². The number of carbonyl (C=O) groups excluding carboxylic acids is 3. The van der Waals surface area contributed by atoms with Crippen molar-refractivity contribution in [3.63, 3.8) is 0 Å². The number of hydrogen-bond acceptors (Lipinski definition) is 7. The number of imide groups is 1. The van der Waals surface area contributed by atoms with Crippen LogP contribution in [0.15, 0.2) is 59.1 Å². The highest BCUT2D eigenvalue weighted by Crippen LogP contribution is 2.27. The molecule has 7 nitrogen and oxygen atoms in total. The van der Waals surface area contributed by atoms with Gasteiger partial charge >= 0.3 is 5.97 Å². The highest BCUT2D eigenvalue weighted by Gasteiger charge is 2.43. The second-order valence-electron chi connectivity index (χ2n) is 7.06. The van der Waals surface area contributed by atoms with Gasteiger partial charge in [0.2, 0.25) is 5.89 Å². The van der Waals surface area contributed by atoms with E-state index in [-0.39, 0.29) is 35.9 Å². The van der Waals surface area contributed by atoms with Crippen molar-refractivity contribution >= 4 is 29.5 Å². The van der Waals surface area contributed by atoms with Gasteiger partial charge < -0.3 is 9.15 Å². The second kappa shape index (κ2) is 9.35. The van der Waals surface area contributed by atoms with Gasteiger partial charge in [-0.3, -0.25) is 14.5 Å². The monoisotopic (exact) mass is 454 g/mol. The Morgan fingerprint density at radius 2 is 1.78 bits per heavy atom. The van der Waals surface area contributed by atoms with Crippen LogP contribution in [0.25, 0.3) is 11.3 Å². The number of nitrogens with zero attached hydrogens (tertiary/aromatic N) is 2. The van der Waals surface area contributed by atoms with Crippen molar-refractivity contribution in [1.82, 2.24) is 9.88 Å². The van der Waals surface area contributed by atoms with E-state index >= 15 is 0 Å². The molecule has 32 heavy (non-hydrogen) atoms. The molecule has 9 heteroatoms. The lowest BCUT2D eigenvalue weighted by Crippen LogP contribution is -2.46. The van der Waals surface area contributed by atoms with Crippen LogP contribution in [0.2, 0.25) is 0 Å². The summed E-state index contributed by atoms with van der Waals surface area (Å²) in [5.41, 5.74) is 1.17. The predicted octanol–water partition coefficient (Wildman–Crippen LogP) is 3.94. The van der Waals surface area contributed by atoms with Crippen molar-refractivity contribution < 1.29 is 27.9 Å².